The van der Waals surface area contributed by atoms with Gasteiger partial charge in [0.2, 0.25) is 5.91 Å². The molecule has 1 fully saturated rings. The van der Waals surface area contributed by atoms with Gasteiger partial charge in [0.25, 0.3) is 0 Å². The Bertz CT molecular complexity index is 662. The van der Waals surface area contributed by atoms with Gasteiger partial charge >= 0.3 is 0 Å². The molecule has 1 amide bonds. The molecule has 0 spiro atoms. The van der Waals surface area contributed by atoms with E-state index in [0.717, 1.165) is 43.0 Å². The van der Waals surface area contributed by atoms with E-state index in [1.54, 1.807) is 0 Å². The Morgan fingerprint density at radius 2 is 2.08 bits per heavy atom. The van der Waals surface area contributed by atoms with Gasteiger partial charge in [0.1, 0.15) is 11.5 Å². The number of carbonyl (C=O) groups excluding carboxylic acids is 1. The predicted molar refractivity (Wildman–Crippen MR) is 99.9 cm³/mol. The van der Waals surface area contributed by atoms with Crippen molar-refractivity contribution in [2.45, 2.75) is 38.2 Å². The van der Waals surface area contributed by atoms with Crippen molar-refractivity contribution in [3.05, 3.63) is 48.2 Å². The van der Waals surface area contributed by atoms with Crippen molar-refractivity contribution >= 4 is 5.91 Å². The molecule has 0 bridgehead atoms. The van der Waals surface area contributed by atoms with Gasteiger partial charge in [-0.05, 0) is 31.4 Å². The van der Waals surface area contributed by atoms with Gasteiger partial charge in [-0.2, -0.15) is 0 Å². The summed E-state index contributed by atoms with van der Waals surface area (Å²) in [5.74, 6) is 1.71. The highest BCUT2D eigenvalue weighted by Gasteiger charge is 2.15. The topological polar surface area (TPSA) is 60.7 Å². The fourth-order valence-electron chi connectivity index (χ4n) is 2.99. The Labute approximate surface area is 154 Å². The van der Waals surface area contributed by atoms with Gasteiger partial charge in [0.05, 0.1) is 12.7 Å². The first-order valence-corrected chi connectivity index (χ1v) is 9.41. The van der Waals surface area contributed by atoms with Crippen LogP contribution < -0.4 is 5.32 Å². The first-order valence-electron chi connectivity index (χ1n) is 9.41. The van der Waals surface area contributed by atoms with Gasteiger partial charge in [-0.3, -0.25) is 4.79 Å². The molecule has 0 aliphatic carbocycles. The van der Waals surface area contributed by atoms with Crippen LogP contribution in [0.3, 0.4) is 0 Å². The number of benzene rings is 1. The summed E-state index contributed by atoms with van der Waals surface area (Å²) < 4.78 is 16.9. The van der Waals surface area contributed by atoms with Crippen LogP contribution in [0.2, 0.25) is 0 Å². The zero-order chi connectivity index (χ0) is 18.0. The quantitative estimate of drug-likeness (QED) is 0.660. The summed E-state index contributed by atoms with van der Waals surface area (Å²) in [4.78, 5) is 11.9. The Morgan fingerprint density at radius 1 is 1.19 bits per heavy atom. The second kappa shape index (κ2) is 10.1. The maximum atomic E-state index is 11.9. The molecule has 1 aromatic heterocycles. The minimum atomic E-state index is 0.0433. The molecular formula is C21H27NO4. The molecule has 3 rings (SSSR count). The van der Waals surface area contributed by atoms with E-state index in [1.165, 1.54) is 0 Å². The number of ether oxygens (including phenoxy) is 2. The van der Waals surface area contributed by atoms with E-state index in [0.29, 0.717) is 32.6 Å². The van der Waals surface area contributed by atoms with Crippen LogP contribution in [0.5, 0.6) is 0 Å². The Balaban J connectivity index is 1.26. The van der Waals surface area contributed by atoms with Gasteiger partial charge in [-0.15, -0.1) is 0 Å². The molecule has 26 heavy (non-hydrogen) atoms. The van der Waals surface area contributed by atoms with Crippen molar-refractivity contribution in [3.8, 4) is 11.3 Å². The van der Waals surface area contributed by atoms with Crippen molar-refractivity contribution in [2.24, 2.45) is 0 Å². The summed E-state index contributed by atoms with van der Waals surface area (Å²) in [6, 6.07) is 13.9. The van der Waals surface area contributed by atoms with Crippen LogP contribution in [-0.4, -0.2) is 38.4 Å². The Morgan fingerprint density at radius 3 is 2.88 bits per heavy atom. The molecule has 1 N–H and O–H groups in total. The second-order valence-electron chi connectivity index (χ2n) is 6.55. The molecule has 0 saturated carbocycles. The molecule has 2 heterocycles. The lowest BCUT2D eigenvalue weighted by atomic mass is 10.2. The van der Waals surface area contributed by atoms with Crippen LogP contribution in [0.1, 0.15) is 31.4 Å². The molecule has 1 saturated heterocycles. The van der Waals surface area contributed by atoms with E-state index in [1.807, 2.05) is 42.5 Å². The minimum absolute atomic E-state index is 0.0433. The standard InChI is InChI=1S/C21H27NO4/c23-21(22-13-5-14-24-16-19-8-4-15-25-19)12-10-18-9-11-20(26-18)17-6-2-1-3-7-17/h1-3,6-7,9,11,19H,4-5,8,10,12-16H2,(H,22,23). The fourth-order valence-corrected chi connectivity index (χ4v) is 2.99. The normalized spacial score (nSPS) is 16.7. The number of nitrogens with one attached hydrogen (secondary N) is 1. The SMILES string of the molecule is O=C(CCc1ccc(-c2ccccc2)o1)NCCCOCC1CCCO1. The van der Waals surface area contributed by atoms with E-state index in [2.05, 4.69) is 5.32 Å². The van der Waals surface area contributed by atoms with Crippen molar-refractivity contribution in [3.63, 3.8) is 0 Å². The minimum Gasteiger partial charge on any atom is -0.461 e. The number of amides is 1. The van der Waals surface area contributed by atoms with Crippen molar-refractivity contribution in [1.82, 2.24) is 5.32 Å². The van der Waals surface area contributed by atoms with E-state index in [4.69, 9.17) is 13.9 Å². The average Bonchev–Trinajstić information content (AvgIpc) is 3.35. The van der Waals surface area contributed by atoms with Crippen molar-refractivity contribution in [2.75, 3.05) is 26.4 Å². The molecule has 5 heteroatoms. The summed E-state index contributed by atoms with van der Waals surface area (Å²) >= 11 is 0. The number of rotatable bonds is 10. The summed E-state index contributed by atoms with van der Waals surface area (Å²) in [6.45, 7) is 2.80. The zero-order valence-corrected chi connectivity index (χ0v) is 15.1. The second-order valence-corrected chi connectivity index (χ2v) is 6.55. The van der Waals surface area contributed by atoms with Gasteiger partial charge in [0.15, 0.2) is 0 Å². The third-order valence-electron chi connectivity index (χ3n) is 4.43. The van der Waals surface area contributed by atoms with E-state index >= 15 is 0 Å². The lowest BCUT2D eigenvalue weighted by Gasteiger charge is -2.10. The summed E-state index contributed by atoms with van der Waals surface area (Å²) in [6.07, 6.45) is 4.34. The molecule has 1 aliphatic rings. The smallest absolute Gasteiger partial charge is 0.220 e. The van der Waals surface area contributed by atoms with Gasteiger partial charge in [-0.25, -0.2) is 0 Å². The molecular weight excluding hydrogens is 330 g/mol. The lowest BCUT2D eigenvalue weighted by Crippen LogP contribution is -2.25. The molecule has 1 aliphatic heterocycles. The molecule has 1 aromatic carbocycles. The number of aryl methyl sites for hydroxylation is 1. The average molecular weight is 357 g/mol. The highest BCUT2D eigenvalue weighted by atomic mass is 16.5. The first kappa shape index (κ1) is 18.7. The van der Waals surface area contributed by atoms with Crippen LogP contribution in [0.25, 0.3) is 11.3 Å². The lowest BCUT2D eigenvalue weighted by molar-refractivity contribution is -0.121. The van der Waals surface area contributed by atoms with Crippen molar-refractivity contribution in [1.29, 1.82) is 0 Å². The van der Waals surface area contributed by atoms with Crippen LogP contribution in [0, 0.1) is 0 Å². The largest absolute Gasteiger partial charge is 0.461 e. The number of hydrogen-bond acceptors (Lipinski definition) is 4. The fraction of sp³-hybridized carbons (Fsp3) is 0.476. The third kappa shape index (κ3) is 6.00. The molecule has 0 radical (unpaired) electrons. The third-order valence-corrected chi connectivity index (χ3v) is 4.43. The Kier molecular flexibility index (Phi) is 7.28. The zero-order valence-electron chi connectivity index (χ0n) is 15.1. The number of hydrogen-bond donors (Lipinski definition) is 1. The predicted octanol–water partition coefficient (Wildman–Crippen LogP) is 3.58. The summed E-state index contributed by atoms with van der Waals surface area (Å²) in [5.41, 5.74) is 1.05. The van der Waals surface area contributed by atoms with E-state index in [9.17, 15) is 4.79 Å². The molecule has 1 atom stereocenters. The maximum Gasteiger partial charge on any atom is 0.220 e. The highest BCUT2D eigenvalue weighted by Crippen LogP contribution is 2.22. The number of furan rings is 1. The van der Waals surface area contributed by atoms with Crippen LogP contribution in [0.15, 0.2) is 46.9 Å². The van der Waals surface area contributed by atoms with Crippen LogP contribution in [-0.2, 0) is 20.7 Å². The number of carbonyl (C=O) groups is 1. The first-order chi connectivity index (χ1) is 12.8. The molecule has 5 nitrogen and oxygen atoms in total. The van der Waals surface area contributed by atoms with Gasteiger partial charge < -0.3 is 19.2 Å². The van der Waals surface area contributed by atoms with Crippen LogP contribution in [0.4, 0.5) is 0 Å². The summed E-state index contributed by atoms with van der Waals surface area (Å²) in [5, 5.41) is 2.93. The van der Waals surface area contributed by atoms with Crippen molar-refractivity contribution < 1.29 is 18.7 Å². The monoisotopic (exact) mass is 357 g/mol. The van der Waals surface area contributed by atoms with Gasteiger partial charge in [-0.1, -0.05) is 30.3 Å². The highest BCUT2D eigenvalue weighted by molar-refractivity contribution is 5.76. The maximum absolute atomic E-state index is 11.9. The molecule has 1 unspecified atom stereocenters. The van der Waals surface area contributed by atoms with E-state index in [-0.39, 0.29) is 12.0 Å². The van der Waals surface area contributed by atoms with Gasteiger partial charge in [0, 0.05) is 38.2 Å². The van der Waals surface area contributed by atoms with E-state index < -0.39 is 0 Å². The summed E-state index contributed by atoms with van der Waals surface area (Å²) in [7, 11) is 0. The Hall–Kier alpha value is -2.11. The van der Waals surface area contributed by atoms with Crippen LogP contribution >= 0.6 is 0 Å². The molecule has 2 aromatic rings. The molecule has 140 valence electrons.